The SMILES string of the molecule is Cc1ccc(/C=C/c2ccnc3c2ccc2c(/C=C/c4ccc(C(=O)O)cc4)ccnc23)cc1.N#C[S-].O=C(O)c1ccnc(-c2cc(C(=O)O)ccn2)c1.[N-]=C=S.[Ru+2]. The molecule has 0 fully saturated rings. The van der Waals surface area contributed by atoms with Gasteiger partial charge in [-0.3, -0.25) is 19.9 Å². The van der Waals surface area contributed by atoms with Gasteiger partial charge in [-0.1, -0.05) is 96.0 Å². The van der Waals surface area contributed by atoms with Crippen molar-refractivity contribution in [1.82, 2.24) is 19.9 Å². The number of aromatic carboxylic acids is 3. The Labute approximate surface area is 362 Å². The molecule has 0 radical (unpaired) electrons. The number of fused-ring (bicyclic) bond motifs is 3. The number of benzene rings is 3. The summed E-state index contributed by atoms with van der Waals surface area (Å²) in [5.41, 5.74) is 8.21. The van der Waals surface area contributed by atoms with Crippen LogP contribution in [-0.2, 0) is 32.1 Å². The van der Waals surface area contributed by atoms with E-state index < -0.39 is 17.9 Å². The third-order valence-electron chi connectivity index (χ3n) is 8.11. The number of hydrogen-bond acceptors (Lipinski definition) is 10. The Bertz CT molecular complexity index is 2680. The number of pyridine rings is 4. The molecule has 3 aromatic carbocycles. The summed E-state index contributed by atoms with van der Waals surface area (Å²) in [5, 5.41) is 45.8. The first-order chi connectivity index (χ1) is 28.0. The van der Waals surface area contributed by atoms with Gasteiger partial charge in [0.05, 0.1) is 39.1 Å². The van der Waals surface area contributed by atoms with Crippen molar-refractivity contribution in [3.8, 4) is 16.8 Å². The van der Waals surface area contributed by atoms with Crippen LogP contribution in [0.15, 0.2) is 122 Å². The smallest absolute Gasteiger partial charge is 0.753 e. The van der Waals surface area contributed by atoms with E-state index in [1.54, 1.807) is 30.5 Å². The summed E-state index contributed by atoms with van der Waals surface area (Å²) in [5.74, 6) is -3.08. The van der Waals surface area contributed by atoms with Gasteiger partial charge < -0.3 is 33.4 Å². The Kier molecular flexibility index (Phi) is 18.1. The number of thiocyanates is 1. The first-order valence-electron chi connectivity index (χ1n) is 16.8. The molecule has 0 amide bonds. The molecule has 0 saturated heterocycles. The van der Waals surface area contributed by atoms with Crippen LogP contribution in [0.4, 0.5) is 0 Å². The van der Waals surface area contributed by atoms with E-state index >= 15 is 0 Å². The van der Waals surface area contributed by atoms with Crippen LogP contribution in [0, 0.1) is 17.6 Å². The number of aryl methyl sites for hydroxylation is 1. The van der Waals surface area contributed by atoms with E-state index in [9.17, 15) is 14.4 Å². The largest absolute Gasteiger partial charge is 2.00 e. The van der Waals surface area contributed by atoms with E-state index in [2.05, 4.69) is 100 Å². The van der Waals surface area contributed by atoms with Crippen LogP contribution in [0.3, 0.4) is 0 Å². The van der Waals surface area contributed by atoms with Crippen molar-refractivity contribution in [3.05, 3.63) is 172 Å². The molecule has 3 N–H and O–H groups in total. The number of carboxylic acid groups (broad SMARTS) is 3. The molecule has 59 heavy (non-hydrogen) atoms. The summed E-state index contributed by atoms with van der Waals surface area (Å²) >= 11 is 7.40. The molecule has 0 bridgehead atoms. The number of carbonyl (C=O) groups is 3. The molecule has 0 atom stereocenters. The number of isothiocyanates is 1. The monoisotopic (exact) mass is 904 g/mol. The van der Waals surface area contributed by atoms with Crippen molar-refractivity contribution in [1.29, 1.82) is 5.26 Å². The molecule has 12 nitrogen and oxygen atoms in total. The average Bonchev–Trinajstić information content (AvgIpc) is 3.23. The Hall–Kier alpha value is -7.20. The first-order valence-corrected chi connectivity index (χ1v) is 17.6. The summed E-state index contributed by atoms with van der Waals surface area (Å²) in [6, 6.07) is 28.8. The van der Waals surface area contributed by atoms with Gasteiger partial charge in [0.15, 0.2) is 0 Å². The molecule has 0 aliphatic rings. The van der Waals surface area contributed by atoms with Crippen LogP contribution in [0.1, 0.15) is 58.9 Å². The van der Waals surface area contributed by atoms with Crippen molar-refractivity contribution in [2.75, 3.05) is 0 Å². The molecule has 0 unspecified atom stereocenters. The van der Waals surface area contributed by atoms with Gasteiger partial charge in [0, 0.05) is 35.6 Å². The minimum atomic E-state index is -1.08. The molecule has 292 valence electrons. The molecule has 4 heterocycles. The Morgan fingerprint density at radius 1 is 0.610 bits per heavy atom. The van der Waals surface area contributed by atoms with E-state index in [4.69, 9.17) is 26.0 Å². The van der Waals surface area contributed by atoms with Crippen molar-refractivity contribution < 1.29 is 49.2 Å². The predicted molar refractivity (Wildman–Crippen MR) is 230 cm³/mol. The maximum atomic E-state index is 11.1. The minimum Gasteiger partial charge on any atom is -0.753 e. The summed E-state index contributed by atoms with van der Waals surface area (Å²) in [6.45, 7) is 2.08. The number of rotatable bonds is 8. The minimum absolute atomic E-state index is 0. The number of aromatic nitrogens is 4. The zero-order chi connectivity index (χ0) is 42.0. The molecule has 15 heteroatoms. The fourth-order valence-corrected chi connectivity index (χ4v) is 5.36. The van der Waals surface area contributed by atoms with Crippen molar-refractivity contribution in [3.63, 3.8) is 0 Å². The maximum absolute atomic E-state index is 11.1. The second-order valence-electron chi connectivity index (χ2n) is 11.8. The van der Waals surface area contributed by atoms with Crippen LogP contribution in [0.2, 0.25) is 0 Å². The Morgan fingerprint density at radius 2 is 0.966 bits per heavy atom. The van der Waals surface area contributed by atoms with Crippen molar-refractivity contribution >= 4 is 94.0 Å². The zero-order valence-corrected chi connectivity index (χ0v) is 34.1. The summed E-state index contributed by atoms with van der Waals surface area (Å²) in [7, 11) is 0. The van der Waals surface area contributed by atoms with Gasteiger partial charge in [0.2, 0.25) is 0 Å². The molecular weight excluding hydrogens is 874 g/mol. The number of thiocarbonyl (C=S) groups is 1. The third kappa shape index (κ3) is 13.2. The summed E-state index contributed by atoms with van der Waals surface area (Å²) in [4.78, 5) is 49.9. The fraction of sp³-hybridized carbons (Fsp3) is 0.0227. The quantitative estimate of drug-likeness (QED) is 0.0325. The molecule has 0 aliphatic heterocycles. The fourth-order valence-electron chi connectivity index (χ4n) is 5.36. The van der Waals surface area contributed by atoms with E-state index in [0.29, 0.717) is 11.4 Å². The predicted octanol–water partition coefficient (Wildman–Crippen LogP) is 9.34. The van der Waals surface area contributed by atoms with Crippen LogP contribution in [-0.4, -0.2) is 58.3 Å². The Morgan fingerprint density at radius 3 is 1.34 bits per heavy atom. The van der Waals surface area contributed by atoms with E-state index in [-0.39, 0.29) is 36.2 Å². The zero-order valence-electron chi connectivity index (χ0n) is 30.8. The molecule has 7 rings (SSSR count). The van der Waals surface area contributed by atoms with Crippen molar-refractivity contribution in [2.45, 2.75) is 6.92 Å². The number of nitriles is 1. The number of carboxylic acids is 3. The standard InChI is InChI=1S/C30H22N2O2.C12H8N2O4.CHNS.CNS.Ru/c1-20-2-4-21(5-3-20)6-10-23-16-18-31-28-26(23)14-15-27-24(17-19-32-29(27)28)11-7-22-8-12-25(13-9-22)30(33)34;15-11(16)7-1-3-13-9(5-7)10-6-8(12(17)18)2-4-14-10;2*2-1-3;/h2-19H,1H3,(H,33,34);1-6H,(H,15,16)(H,17,18);3H;;/q;;;-1;+2/p-1/b10-6+,11-7+;;;;. The second kappa shape index (κ2) is 23.1. The number of hydrogen-bond donors (Lipinski definition) is 3. The summed E-state index contributed by atoms with van der Waals surface area (Å²) < 4.78 is 0. The van der Waals surface area contributed by atoms with Crippen LogP contribution in [0.5, 0.6) is 0 Å². The molecule has 0 spiro atoms. The number of nitrogens with zero attached hydrogens (tertiary/aromatic N) is 6. The van der Waals surface area contributed by atoms with Gasteiger partial charge in [-0.2, -0.15) is 5.16 Å². The average molecular weight is 904 g/mol. The second-order valence-corrected chi connectivity index (χ2v) is 12.2. The van der Waals surface area contributed by atoms with Gasteiger partial charge in [0.25, 0.3) is 0 Å². The molecular formula is C44H30N6O6RuS2. The first kappa shape index (κ1) is 46.2. The van der Waals surface area contributed by atoms with Crippen molar-refractivity contribution in [2.24, 2.45) is 0 Å². The van der Waals surface area contributed by atoms with Gasteiger partial charge in [-0.25, -0.2) is 19.6 Å². The van der Waals surface area contributed by atoms with Gasteiger partial charge in [-0.15, -0.1) is 0 Å². The molecule has 0 saturated carbocycles. The van der Waals surface area contributed by atoms with Crippen LogP contribution >= 0.6 is 12.2 Å². The maximum Gasteiger partial charge on any atom is 2.00 e. The van der Waals surface area contributed by atoms with E-state index in [1.807, 2.05) is 30.5 Å². The summed E-state index contributed by atoms with van der Waals surface area (Å²) in [6.07, 6.45) is 14.5. The third-order valence-corrected chi connectivity index (χ3v) is 8.11. The van der Waals surface area contributed by atoms with Crippen LogP contribution in [0.25, 0.3) is 62.9 Å². The normalized spacial score (nSPS) is 10.0. The van der Waals surface area contributed by atoms with Gasteiger partial charge in [-0.05, 0) is 77.7 Å². The molecule has 0 aliphatic carbocycles. The van der Waals surface area contributed by atoms with E-state index in [0.717, 1.165) is 44.1 Å². The van der Waals surface area contributed by atoms with E-state index in [1.165, 1.54) is 52.8 Å². The molecule has 7 aromatic rings. The van der Waals surface area contributed by atoms with Crippen LogP contribution < -0.4 is 0 Å². The topological polar surface area (TPSA) is 210 Å². The van der Waals surface area contributed by atoms with Gasteiger partial charge in [0.1, 0.15) is 0 Å². The molecule has 4 aromatic heterocycles. The Balaban J connectivity index is 0.000000313. The van der Waals surface area contributed by atoms with Gasteiger partial charge >= 0.3 is 37.4 Å².